The lowest BCUT2D eigenvalue weighted by Crippen LogP contribution is -2.50. The Morgan fingerprint density at radius 2 is 1.52 bits per heavy atom. The van der Waals surface area contributed by atoms with Gasteiger partial charge in [0.1, 0.15) is 0 Å². The van der Waals surface area contributed by atoms with Crippen LogP contribution in [0.4, 0.5) is 29.3 Å². The topological polar surface area (TPSA) is 35.6 Å². The second-order valence-corrected chi connectivity index (χ2v) is 6.69. The molecule has 0 atom stereocenters. The predicted molar refractivity (Wildman–Crippen MR) is 100 cm³/mol. The third-order valence-corrected chi connectivity index (χ3v) is 4.80. The van der Waals surface area contributed by atoms with Gasteiger partial charge in [0.05, 0.1) is 11.3 Å². The highest BCUT2D eigenvalue weighted by atomic mass is 19.4. The third-order valence-electron chi connectivity index (χ3n) is 4.80. The van der Waals surface area contributed by atoms with Crippen LogP contribution in [0.15, 0.2) is 42.5 Å². The Morgan fingerprint density at radius 3 is 2.11 bits per heavy atom. The zero-order valence-corrected chi connectivity index (χ0v) is 15.3. The second kappa shape index (κ2) is 7.50. The number of urea groups is 1. The quantitative estimate of drug-likeness (QED) is 0.825. The molecule has 1 aliphatic heterocycles. The molecular formula is C20H22F3N3O. The van der Waals surface area contributed by atoms with E-state index in [4.69, 9.17) is 0 Å². The minimum atomic E-state index is -4.51. The number of amides is 2. The number of alkyl halides is 3. The van der Waals surface area contributed by atoms with Gasteiger partial charge in [-0.3, -0.25) is 0 Å². The highest BCUT2D eigenvalue weighted by Crippen LogP contribution is 2.34. The molecule has 1 heterocycles. The van der Waals surface area contributed by atoms with Crippen molar-refractivity contribution in [1.82, 2.24) is 4.90 Å². The molecule has 0 bridgehead atoms. The molecule has 1 saturated heterocycles. The highest BCUT2D eigenvalue weighted by molar-refractivity contribution is 5.90. The lowest BCUT2D eigenvalue weighted by Gasteiger charge is -2.37. The number of nitrogens with one attached hydrogen (secondary N) is 1. The minimum absolute atomic E-state index is 0.216. The number of rotatable bonds is 2. The molecule has 2 amide bonds. The number of carbonyl (C=O) groups is 1. The van der Waals surface area contributed by atoms with Crippen LogP contribution in [0.25, 0.3) is 0 Å². The number of para-hydroxylation sites is 2. The zero-order valence-electron chi connectivity index (χ0n) is 15.3. The predicted octanol–water partition coefficient (Wildman–Crippen LogP) is 4.68. The van der Waals surface area contributed by atoms with Crippen LogP contribution in [-0.2, 0) is 6.18 Å². The summed E-state index contributed by atoms with van der Waals surface area (Å²) in [6.07, 6.45) is -4.51. The maximum atomic E-state index is 13.1. The van der Waals surface area contributed by atoms with Gasteiger partial charge in [-0.2, -0.15) is 13.2 Å². The van der Waals surface area contributed by atoms with Gasteiger partial charge >= 0.3 is 12.2 Å². The van der Waals surface area contributed by atoms with Crippen LogP contribution in [0.2, 0.25) is 0 Å². The van der Waals surface area contributed by atoms with E-state index in [2.05, 4.69) is 36.2 Å². The normalized spacial score (nSPS) is 15.0. The molecule has 1 fully saturated rings. The summed E-state index contributed by atoms with van der Waals surface area (Å²) in [5.41, 5.74) is 2.46. The molecular weight excluding hydrogens is 355 g/mol. The van der Waals surface area contributed by atoms with Gasteiger partial charge in [-0.15, -0.1) is 0 Å². The van der Waals surface area contributed by atoms with Gasteiger partial charge in [-0.05, 0) is 37.1 Å². The highest BCUT2D eigenvalue weighted by Gasteiger charge is 2.34. The molecule has 7 heteroatoms. The summed E-state index contributed by atoms with van der Waals surface area (Å²) in [4.78, 5) is 16.2. The molecule has 4 nitrogen and oxygen atoms in total. The van der Waals surface area contributed by atoms with E-state index in [1.54, 1.807) is 4.90 Å². The van der Waals surface area contributed by atoms with Crippen molar-refractivity contribution in [2.75, 3.05) is 36.4 Å². The fourth-order valence-corrected chi connectivity index (χ4v) is 3.47. The summed E-state index contributed by atoms with van der Waals surface area (Å²) >= 11 is 0. The first-order chi connectivity index (χ1) is 12.8. The van der Waals surface area contributed by atoms with Crippen molar-refractivity contribution in [3.63, 3.8) is 0 Å². The Labute approximate surface area is 156 Å². The van der Waals surface area contributed by atoms with Crippen molar-refractivity contribution in [3.8, 4) is 0 Å². The minimum Gasteiger partial charge on any atom is -0.368 e. The Morgan fingerprint density at radius 1 is 0.926 bits per heavy atom. The summed E-state index contributed by atoms with van der Waals surface area (Å²) in [6.45, 7) is 6.28. The Hall–Kier alpha value is -2.70. The van der Waals surface area contributed by atoms with Crippen LogP contribution in [0.5, 0.6) is 0 Å². The summed E-state index contributed by atoms with van der Waals surface area (Å²) in [5.74, 6) is 0. The molecule has 0 spiro atoms. The van der Waals surface area contributed by atoms with Crippen molar-refractivity contribution >= 4 is 17.4 Å². The van der Waals surface area contributed by atoms with E-state index >= 15 is 0 Å². The Bertz CT molecular complexity index is 807. The van der Waals surface area contributed by atoms with Crippen molar-refractivity contribution in [2.24, 2.45) is 0 Å². The first-order valence-corrected chi connectivity index (χ1v) is 8.80. The molecule has 1 N–H and O–H groups in total. The van der Waals surface area contributed by atoms with E-state index < -0.39 is 17.8 Å². The van der Waals surface area contributed by atoms with Crippen molar-refractivity contribution in [1.29, 1.82) is 0 Å². The molecule has 0 saturated carbocycles. The molecule has 0 aromatic heterocycles. The van der Waals surface area contributed by atoms with E-state index in [0.29, 0.717) is 26.2 Å². The number of aryl methyl sites for hydroxylation is 2. The fourth-order valence-electron chi connectivity index (χ4n) is 3.47. The van der Waals surface area contributed by atoms with E-state index in [9.17, 15) is 18.0 Å². The van der Waals surface area contributed by atoms with Gasteiger partial charge < -0.3 is 15.1 Å². The van der Waals surface area contributed by atoms with E-state index in [1.807, 2.05) is 6.07 Å². The molecule has 0 radical (unpaired) electrons. The number of benzene rings is 2. The van der Waals surface area contributed by atoms with Crippen molar-refractivity contribution in [3.05, 3.63) is 59.2 Å². The Balaban J connectivity index is 1.66. The van der Waals surface area contributed by atoms with E-state index in [-0.39, 0.29) is 5.69 Å². The van der Waals surface area contributed by atoms with Crippen LogP contribution in [0.1, 0.15) is 16.7 Å². The van der Waals surface area contributed by atoms with Crippen LogP contribution in [0.3, 0.4) is 0 Å². The summed E-state index contributed by atoms with van der Waals surface area (Å²) in [5, 5.41) is 2.41. The first-order valence-electron chi connectivity index (χ1n) is 8.80. The third kappa shape index (κ3) is 4.18. The summed E-state index contributed by atoms with van der Waals surface area (Å²) < 4.78 is 39.3. The molecule has 0 unspecified atom stereocenters. The molecule has 2 aromatic rings. The molecule has 1 aliphatic rings. The van der Waals surface area contributed by atoms with Gasteiger partial charge in [-0.1, -0.05) is 30.3 Å². The van der Waals surface area contributed by atoms with Crippen LogP contribution in [-0.4, -0.2) is 37.1 Å². The average Bonchev–Trinajstić information content (AvgIpc) is 2.61. The van der Waals surface area contributed by atoms with Gasteiger partial charge in [0.2, 0.25) is 0 Å². The van der Waals surface area contributed by atoms with Crippen LogP contribution >= 0.6 is 0 Å². The Kier molecular flexibility index (Phi) is 5.30. The van der Waals surface area contributed by atoms with Gasteiger partial charge in [0.15, 0.2) is 0 Å². The van der Waals surface area contributed by atoms with Crippen LogP contribution < -0.4 is 10.2 Å². The van der Waals surface area contributed by atoms with Gasteiger partial charge in [0.25, 0.3) is 0 Å². The maximum absolute atomic E-state index is 13.1. The lowest BCUT2D eigenvalue weighted by molar-refractivity contribution is -0.136. The number of halogens is 3. The van der Waals surface area contributed by atoms with E-state index in [0.717, 1.165) is 6.07 Å². The SMILES string of the molecule is Cc1cccc(C)c1N1CCN(C(=O)Nc2ccccc2C(F)(F)F)CC1. The van der Waals surface area contributed by atoms with Crippen LogP contribution in [0, 0.1) is 13.8 Å². The van der Waals surface area contributed by atoms with Gasteiger partial charge in [0, 0.05) is 31.9 Å². The molecule has 2 aromatic carbocycles. The number of nitrogens with zero attached hydrogens (tertiary/aromatic N) is 2. The monoisotopic (exact) mass is 377 g/mol. The number of hydrogen-bond acceptors (Lipinski definition) is 2. The molecule has 0 aliphatic carbocycles. The molecule has 144 valence electrons. The average molecular weight is 377 g/mol. The fraction of sp³-hybridized carbons (Fsp3) is 0.350. The lowest BCUT2D eigenvalue weighted by atomic mass is 10.1. The first kappa shape index (κ1) is 19.1. The van der Waals surface area contributed by atoms with E-state index in [1.165, 1.54) is 35.0 Å². The van der Waals surface area contributed by atoms with Gasteiger partial charge in [-0.25, -0.2) is 4.79 Å². The standard InChI is InChI=1S/C20H22F3N3O/c1-14-6-5-7-15(2)18(14)25-10-12-26(13-11-25)19(27)24-17-9-4-3-8-16(17)20(21,22)23/h3-9H,10-13H2,1-2H3,(H,24,27). The zero-order chi connectivity index (χ0) is 19.6. The molecule has 3 rings (SSSR count). The summed E-state index contributed by atoms with van der Waals surface area (Å²) in [7, 11) is 0. The maximum Gasteiger partial charge on any atom is 0.418 e. The van der Waals surface area contributed by atoms with Crippen molar-refractivity contribution in [2.45, 2.75) is 20.0 Å². The number of carbonyl (C=O) groups excluding carboxylic acids is 1. The number of anilines is 2. The van der Waals surface area contributed by atoms with Crippen molar-refractivity contribution < 1.29 is 18.0 Å². The molecule has 27 heavy (non-hydrogen) atoms. The smallest absolute Gasteiger partial charge is 0.368 e. The largest absolute Gasteiger partial charge is 0.418 e. The number of piperazine rings is 1. The number of hydrogen-bond donors (Lipinski definition) is 1. The summed E-state index contributed by atoms with van der Waals surface area (Å²) in [6, 6.07) is 10.6. The second-order valence-electron chi connectivity index (χ2n) is 6.69.